The molecule has 2 heterocycles. The topological polar surface area (TPSA) is 122 Å². The summed E-state index contributed by atoms with van der Waals surface area (Å²) in [6.45, 7) is 1.86. The van der Waals surface area contributed by atoms with Crippen LogP contribution in [0.1, 0.15) is 35.2 Å². The van der Waals surface area contributed by atoms with Crippen molar-refractivity contribution in [2.75, 3.05) is 13.7 Å². The minimum Gasteiger partial charge on any atom is -0.493 e. The molecule has 1 aliphatic rings. The highest BCUT2D eigenvalue weighted by atomic mass is 35.5. The number of hydrogen-bond donors (Lipinski definition) is 0. The van der Waals surface area contributed by atoms with Crippen molar-refractivity contribution >= 4 is 46.4 Å². The van der Waals surface area contributed by atoms with Crippen LogP contribution in [0.2, 0.25) is 5.02 Å². The fraction of sp³-hybridized carbons (Fsp3) is 0.139. The van der Waals surface area contributed by atoms with Crippen LogP contribution in [0.5, 0.6) is 11.5 Å². The number of benzene rings is 4. The number of fused-ring (bicyclic) bond motifs is 1. The first-order valence-corrected chi connectivity index (χ1v) is 16.2. The van der Waals surface area contributed by atoms with Gasteiger partial charge < -0.3 is 14.2 Å². The van der Waals surface area contributed by atoms with Crippen molar-refractivity contribution in [3.63, 3.8) is 0 Å². The van der Waals surface area contributed by atoms with Crippen LogP contribution in [0.4, 0.5) is 10.1 Å². The number of halogens is 2. The smallest absolute Gasteiger partial charge is 0.338 e. The Morgan fingerprint density at radius 2 is 1.80 bits per heavy atom. The fourth-order valence-corrected chi connectivity index (χ4v) is 6.66. The van der Waals surface area contributed by atoms with Crippen LogP contribution in [-0.2, 0) is 16.1 Å². The van der Waals surface area contributed by atoms with E-state index in [4.69, 9.17) is 30.8 Å². The third kappa shape index (κ3) is 6.87. The maximum Gasteiger partial charge on any atom is 0.338 e. The lowest BCUT2D eigenvalue weighted by atomic mass is 9.93. The van der Waals surface area contributed by atoms with Gasteiger partial charge in [-0.15, -0.1) is 0 Å². The predicted octanol–water partition coefficient (Wildman–Crippen LogP) is 6.22. The Labute approximate surface area is 287 Å². The molecular formula is C36H27ClFN3O7S. The lowest BCUT2D eigenvalue weighted by molar-refractivity contribution is -0.384. The molecule has 10 nitrogen and oxygen atoms in total. The molecule has 5 aromatic rings. The molecule has 13 heteroatoms. The zero-order chi connectivity index (χ0) is 34.7. The predicted molar refractivity (Wildman–Crippen MR) is 183 cm³/mol. The second-order valence-electron chi connectivity index (χ2n) is 10.7. The standard InChI is InChI=1S/C36H27ClFN3O7S/c1-3-47-35(43)30-31(23-7-5-4-6-8-23)39-36-40(32(30)24-11-13-25(38)14-12-24)34(42)29(49-36)19-22-17-27(37)33(28(18-22)46-2)48-20-21-9-15-26(16-10-21)41(44)45/h4-19,32H,3,20H2,1-2H3/b29-19-/t32-/m0/s1. The largest absolute Gasteiger partial charge is 0.493 e. The van der Waals surface area contributed by atoms with Crippen molar-refractivity contribution < 1.29 is 28.3 Å². The molecule has 49 heavy (non-hydrogen) atoms. The molecule has 0 N–H and O–H groups in total. The maximum atomic E-state index is 14.2. The summed E-state index contributed by atoms with van der Waals surface area (Å²) in [6.07, 6.45) is 1.64. The third-order valence-electron chi connectivity index (χ3n) is 7.64. The van der Waals surface area contributed by atoms with Crippen LogP contribution in [0, 0.1) is 15.9 Å². The van der Waals surface area contributed by atoms with Crippen molar-refractivity contribution in [3.05, 3.63) is 159 Å². The summed E-state index contributed by atoms with van der Waals surface area (Å²) in [5.41, 5.74) is 2.39. The summed E-state index contributed by atoms with van der Waals surface area (Å²) >= 11 is 7.76. The number of methoxy groups -OCH3 is 1. The van der Waals surface area contributed by atoms with Crippen LogP contribution >= 0.6 is 22.9 Å². The van der Waals surface area contributed by atoms with Gasteiger partial charge in [0.25, 0.3) is 11.2 Å². The van der Waals surface area contributed by atoms with E-state index in [0.717, 1.165) is 11.3 Å². The first-order valence-electron chi connectivity index (χ1n) is 15.0. The Kier molecular flexibility index (Phi) is 9.70. The SMILES string of the molecule is CCOC(=O)C1=C(c2ccccc2)N=c2s/c(=C\c3cc(Cl)c(OCc4ccc([N+](=O)[O-])cc4)c(OC)c3)c(=O)n2[C@H]1c1ccc(F)cc1. The van der Waals surface area contributed by atoms with Crippen molar-refractivity contribution in [3.8, 4) is 11.5 Å². The maximum absolute atomic E-state index is 14.2. The molecule has 0 bridgehead atoms. The first-order chi connectivity index (χ1) is 23.7. The Morgan fingerprint density at radius 3 is 2.45 bits per heavy atom. The fourth-order valence-electron chi connectivity index (χ4n) is 5.38. The average Bonchev–Trinajstić information content (AvgIpc) is 3.41. The summed E-state index contributed by atoms with van der Waals surface area (Å²) in [7, 11) is 1.45. The number of carbonyl (C=O) groups is 1. The molecule has 4 aromatic carbocycles. The van der Waals surface area contributed by atoms with E-state index in [1.54, 1.807) is 37.3 Å². The Morgan fingerprint density at radius 1 is 1.08 bits per heavy atom. The molecule has 1 aromatic heterocycles. The first kappa shape index (κ1) is 33.3. The van der Waals surface area contributed by atoms with Crippen molar-refractivity contribution in [1.29, 1.82) is 0 Å². The van der Waals surface area contributed by atoms with E-state index in [1.807, 2.05) is 30.3 Å². The van der Waals surface area contributed by atoms with Crippen LogP contribution in [0.25, 0.3) is 11.8 Å². The summed E-state index contributed by atoms with van der Waals surface area (Å²) in [6, 6.07) is 23.0. The number of nitro groups is 1. The Bertz CT molecular complexity index is 2270. The molecular weight excluding hydrogens is 673 g/mol. The molecule has 1 atom stereocenters. The quantitative estimate of drug-likeness (QED) is 0.0963. The molecule has 0 spiro atoms. The van der Waals surface area contributed by atoms with Gasteiger partial charge in [0.1, 0.15) is 12.4 Å². The van der Waals surface area contributed by atoms with E-state index in [0.29, 0.717) is 43.0 Å². The monoisotopic (exact) mass is 699 g/mol. The summed E-state index contributed by atoms with van der Waals surface area (Å²) < 4.78 is 32.7. The summed E-state index contributed by atoms with van der Waals surface area (Å²) in [5, 5.41) is 11.2. The van der Waals surface area contributed by atoms with Gasteiger partial charge in [-0.2, -0.15) is 0 Å². The molecule has 0 aliphatic carbocycles. The van der Waals surface area contributed by atoms with Crippen LogP contribution < -0.4 is 24.4 Å². The third-order valence-corrected chi connectivity index (χ3v) is 8.90. The van der Waals surface area contributed by atoms with Gasteiger partial charge in [-0.25, -0.2) is 14.2 Å². The highest BCUT2D eigenvalue weighted by Crippen LogP contribution is 2.38. The average molecular weight is 700 g/mol. The number of ether oxygens (including phenoxy) is 3. The molecule has 0 fully saturated rings. The number of nitro benzene ring substituents is 1. The van der Waals surface area contributed by atoms with E-state index in [-0.39, 0.29) is 35.2 Å². The molecule has 0 saturated heterocycles. The Hall–Kier alpha value is -5.59. The number of thiazole rings is 1. The van der Waals surface area contributed by atoms with Crippen molar-refractivity contribution in [1.82, 2.24) is 4.57 Å². The highest BCUT2D eigenvalue weighted by Gasteiger charge is 2.35. The number of esters is 1. The van der Waals surface area contributed by atoms with Crippen LogP contribution in [0.15, 0.2) is 106 Å². The molecule has 0 amide bonds. The lowest BCUT2D eigenvalue weighted by Crippen LogP contribution is -2.40. The number of aromatic nitrogens is 1. The van der Waals surface area contributed by atoms with Gasteiger partial charge in [-0.1, -0.05) is 65.4 Å². The van der Waals surface area contributed by atoms with Gasteiger partial charge in [-0.05, 0) is 66.1 Å². The number of rotatable bonds is 10. The molecule has 0 unspecified atom stereocenters. The number of nitrogens with zero attached hydrogens (tertiary/aromatic N) is 3. The van der Waals surface area contributed by atoms with Gasteiger partial charge in [0.15, 0.2) is 16.3 Å². The minimum atomic E-state index is -0.957. The van der Waals surface area contributed by atoms with Crippen LogP contribution in [-0.4, -0.2) is 29.2 Å². The van der Waals surface area contributed by atoms with Gasteiger partial charge in [0, 0.05) is 17.7 Å². The highest BCUT2D eigenvalue weighted by molar-refractivity contribution is 7.07. The van der Waals surface area contributed by atoms with Crippen LogP contribution in [0.3, 0.4) is 0 Å². The summed E-state index contributed by atoms with van der Waals surface area (Å²) in [4.78, 5) is 43.4. The van der Waals surface area contributed by atoms with Gasteiger partial charge in [0.2, 0.25) is 0 Å². The van der Waals surface area contributed by atoms with Gasteiger partial charge in [0.05, 0.1) is 45.5 Å². The zero-order valence-electron chi connectivity index (χ0n) is 26.1. The molecule has 6 rings (SSSR count). The van der Waals surface area contributed by atoms with Crippen molar-refractivity contribution in [2.24, 2.45) is 4.99 Å². The normalized spacial score (nSPS) is 14.2. The number of carbonyl (C=O) groups excluding carboxylic acids is 1. The Balaban J connectivity index is 1.45. The number of hydrogen-bond acceptors (Lipinski definition) is 9. The van der Waals surface area contributed by atoms with E-state index in [9.17, 15) is 24.1 Å². The lowest BCUT2D eigenvalue weighted by Gasteiger charge is -2.25. The van der Waals surface area contributed by atoms with Gasteiger partial charge >= 0.3 is 5.97 Å². The second kappa shape index (κ2) is 14.3. The molecule has 248 valence electrons. The zero-order valence-corrected chi connectivity index (χ0v) is 27.7. The number of non-ortho nitro benzene ring substituents is 1. The van der Waals surface area contributed by atoms with Crippen molar-refractivity contribution in [2.45, 2.75) is 19.6 Å². The van der Waals surface area contributed by atoms with E-state index < -0.39 is 28.3 Å². The van der Waals surface area contributed by atoms with Gasteiger partial charge in [-0.3, -0.25) is 19.5 Å². The van der Waals surface area contributed by atoms with E-state index >= 15 is 0 Å². The van der Waals surface area contributed by atoms with E-state index in [2.05, 4.69) is 0 Å². The molecule has 0 saturated carbocycles. The van der Waals surface area contributed by atoms with E-state index in [1.165, 1.54) is 48.1 Å². The molecule has 0 radical (unpaired) electrons. The minimum absolute atomic E-state index is 0.0358. The summed E-state index contributed by atoms with van der Waals surface area (Å²) in [5.74, 6) is -0.556. The molecule has 1 aliphatic heterocycles. The second-order valence-corrected chi connectivity index (χ2v) is 12.1.